The highest BCUT2D eigenvalue weighted by Crippen LogP contribution is 2.18. The smallest absolute Gasteiger partial charge is 0.292 e. The van der Waals surface area contributed by atoms with E-state index < -0.39 is 0 Å². The Morgan fingerprint density at radius 2 is 1.60 bits per heavy atom. The number of ether oxygens (including phenoxy) is 2. The maximum absolute atomic E-state index is 5.80. The van der Waals surface area contributed by atoms with E-state index in [4.69, 9.17) is 15.2 Å². The van der Waals surface area contributed by atoms with Crippen LogP contribution in [-0.4, -0.2) is 37.2 Å². The second kappa shape index (κ2) is 20.0. The van der Waals surface area contributed by atoms with Gasteiger partial charge in [-0.1, -0.05) is 51.8 Å². The molecule has 1 heterocycles. The quantitative estimate of drug-likeness (QED) is 0.327. The standard InChI is InChI=1S/C18H27N3O2.C5H10.C2H6/c1-2-11-20-18(19)23-17-9-7-16(8-10-17)22-15-14-21-12-5-3-4-6-13-21;1-3-5-4-2;1-2/h2,7-11H,3-6,12-15H2,1H3,(H2,19,20);3,5H,4H2,1-2H3;1-2H3/b11-2+;5-3-;. The Morgan fingerprint density at radius 1 is 1.00 bits per heavy atom. The molecule has 0 bridgehead atoms. The number of likely N-dealkylation sites (tertiary alicyclic amines) is 1. The molecule has 2 rings (SSSR count). The van der Waals surface area contributed by atoms with E-state index >= 15 is 0 Å². The Hall–Kier alpha value is -2.27. The summed E-state index contributed by atoms with van der Waals surface area (Å²) in [6.45, 7) is 14.1. The number of aliphatic imine (C=N–C) groups is 1. The first-order chi connectivity index (χ1) is 14.7. The predicted octanol–water partition coefficient (Wildman–Crippen LogP) is 6.17. The first kappa shape index (κ1) is 27.7. The maximum Gasteiger partial charge on any atom is 0.292 e. The lowest BCUT2D eigenvalue weighted by atomic mass is 10.2. The topological polar surface area (TPSA) is 60.1 Å². The van der Waals surface area contributed by atoms with Crippen molar-refractivity contribution in [3.8, 4) is 11.5 Å². The molecule has 1 aromatic carbocycles. The molecule has 0 unspecified atom stereocenters. The van der Waals surface area contributed by atoms with E-state index in [1.807, 2.05) is 52.0 Å². The zero-order valence-corrected chi connectivity index (χ0v) is 19.8. The van der Waals surface area contributed by atoms with E-state index in [1.54, 1.807) is 12.3 Å². The van der Waals surface area contributed by atoms with Gasteiger partial charge in [-0.15, -0.1) is 0 Å². The van der Waals surface area contributed by atoms with Gasteiger partial charge < -0.3 is 15.2 Å². The molecule has 1 aliphatic rings. The SMILES string of the molecule is C/C=C/N=C(N)Oc1ccc(OCCN2CCCCCC2)cc1.C/C=C\CC.CC. The highest BCUT2D eigenvalue weighted by molar-refractivity contribution is 5.74. The molecule has 2 N–H and O–H groups in total. The van der Waals surface area contributed by atoms with Gasteiger partial charge in [0.2, 0.25) is 0 Å². The third-order valence-electron chi connectivity index (χ3n) is 4.24. The van der Waals surface area contributed by atoms with E-state index in [1.165, 1.54) is 38.8 Å². The van der Waals surface area contributed by atoms with Gasteiger partial charge in [0.05, 0.1) is 0 Å². The number of hydrogen-bond donors (Lipinski definition) is 1. The average molecular weight is 418 g/mol. The lowest BCUT2D eigenvalue weighted by Gasteiger charge is -2.19. The second-order valence-corrected chi connectivity index (χ2v) is 6.60. The zero-order valence-electron chi connectivity index (χ0n) is 19.8. The van der Waals surface area contributed by atoms with Crippen molar-refractivity contribution in [2.75, 3.05) is 26.2 Å². The van der Waals surface area contributed by atoms with Gasteiger partial charge >= 0.3 is 0 Å². The summed E-state index contributed by atoms with van der Waals surface area (Å²) in [5, 5.41) is 0. The van der Waals surface area contributed by atoms with Gasteiger partial charge in [-0.05, 0) is 70.5 Å². The lowest BCUT2D eigenvalue weighted by molar-refractivity contribution is 0.214. The van der Waals surface area contributed by atoms with Crippen LogP contribution in [0.2, 0.25) is 0 Å². The summed E-state index contributed by atoms with van der Waals surface area (Å²) in [5.74, 6) is 1.49. The van der Waals surface area contributed by atoms with Crippen molar-refractivity contribution in [3.63, 3.8) is 0 Å². The summed E-state index contributed by atoms with van der Waals surface area (Å²) in [7, 11) is 0. The summed E-state index contributed by atoms with van der Waals surface area (Å²) >= 11 is 0. The minimum atomic E-state index is 0.123. The Morgan fingerprint density at radius 3 is 2.10 bits per heavy atom. The van der Waals surface area contributed by atoms with Crippen LogP contribution in [0.4, 0.5) is 0 Å². The van der Waals surface area contributed by atoms with Crippen LogP contribution in [-0.2, 0) is 0 Å². The van der Waals surface area contributed by atoms with E-state index in [2.05, 4.69) is 29.0 Å². The van der Waals surface area contributed by atoms with E-state index in [9.17, 15) is 0 Å². The highest BCUT2D eigenvalue weighted by Gasteiger charge is 2.08. The minimum absolute atomic E-state index is 0.123. The molecule has 0 aliphatic carbocycles. The molecule has 5 heteroatoms. The Bertz CT molecular complexity index is 587. The van der Waals surface area contributed by atoms with Crippen molar-refractivity contribution in [2.24, 2.45) is 10.7 Å². The molecule has 0 aromatic heterocycles. The van der Waals surface area contributed by atoms with Gasteiger partial charge in [0.15, 0.2) is 0 Å². The highest BCUT2D eigenvalue weighted by atomic mass is 16.5. The minimum Gasteiger partial charge on any atom is -0.492 e. The molecule has 0 spiro atoms. The van der Waals surface area contributed by atoms with Crippen molar-refractivity contribution < 1.29 is 9.47 Å². The number of amidine groups is 1. The summed E-state index contributed by atoms with van der Waals surface area (Å²) in [4.78, 5) is 6.41. The Balaban J connectivity index is 0.00000105. The Labute approximate surface area is 184 Å². The van der Waals surface area contributed by atoms with Crippen LogP contribution in [0.5, 0.6) is 11.5 Å². The molecular weight excluding hydrogens is 374 g/mol. The fourth-order valence-corrected chi connectivity index (χ4v) is 2.79. The van der Waals surface area contributed by atoms with Gasteiger partial charge in [0.1, 0.15) is 18.1 Å². The van der Waals surface area contributed by atoms with Gasteiger partial charge in [-0.25, -0.2) is 4.99 Å². The van der Waals surface area contributed by atoms with Crippen molar-refractivity contribution in [1.82, 2.24) is 4.90 Å². The maximum atomic E-state index is 5.80. The summed E-state index contributed by atoms with van der Waals surface area (Å²) in [5.41, 5.74) is 5.65. The van der Waals surface area contributed by atoms with Crippen LogP contribution in [0, 0.1) is 0 Å². The number of nitrogens with zero attached hydrogens (tertiary/aromatic N) is 2. The number of rotatable bonds is 7. The first-order valence-electron chi connectivity index (χ1n) is 11.4. The van der Waals surface area contributed by atoms with Crippen molar-refractivity contribution in [3.05, 3.63) is 48.7 Å². The zero-order chi connectivity index (χ0) is 22.5. The first-order valence-corrected chi connectivity index (χ1v) is 11.4. The van der Waals surface area contributed by atoms with E-state index in [0.717, 1.165) is 18.7 Å². The Kier molecular flexibility index (Phi) is 18.5. The molecule has 1 aliphatic heterocycles. The molecule has 1 saturated heterocycles. The van der Waals surface area contributed by atoms with E-state index in [0.29, 0.717) is 12.4 Å². The van der Waals surface area contributed by atoms with Crippen LogP contribution < -0.4 is 15.2 Å². The molecule has 1 fully saturated rings. The number of benzene rings is 1. The van der Waals surface area contributed by atoms with Gasteiger partial charge in [0.25, 0.3) is 6.02 Å². The van der Waals surface area contributed by atoms with Crippen LogP contribution in [0.3, 0.4) is 0 Å². The number of allylic oxidation sites excluding steroid dienone is 3. The number of hydrogen-bond acceptors (Lipinski definition) is 4. The predicted molar refractivity (Wildman–Crippen MR) is 130 cm³/mol. The third-order valence-corrected chi connectivity index (χ3v) is 4.24. The fraction of sp³-hybridized carbons (Fsp3) is 0.560. The molecule has 0 radical (unpaired) electrons. The van der Waals surface area contributed by atoms with E-state index in [-0.39, 0.29) is 6.02 Å². The third kappa shape index (κ3) is 14.7. The molecule has 170 valence electrons. The number of nitrogens with two attached hydrogens (primary N) is 1. The van der Waals surface area contributed by atoms with Gasteiger partial charge in [-0.3, -0.25) is 4.90 Å². The molecule has 0 amide bonds. The largest absolute Gasteiger partial charge is 0.492 e. The fourth-order valence-electron chi connectivity index (χ4n) is 2.79. The molecule has 1 aromatic rings. The van der Waals surface area contributed by atoms with Crippen LogP contribution in [0.1, 0.15) is 66.7 Å². The molecule has 30 heavy (non-hydrogen) atoms. The lowest BCUT2D eigenvalue weighted by Crippen LogP contribution is -2.29. The summed E-state index contributed by atoms with van der Waals surface area (Å²) in [6, 6.07) is 7.57. The molecule has 0 saturated carbocycles. The van der Waals surface area contributed by atoms with Crippen molar-refractivity contribution in [1.29, 1.82) is 0 Å². The van der Waals surface area contributed by atoms with Gasteiger partial charge in [0, 0.05) is 12.7 Å². The average Bonchev–Trinajstić information content (AvgIpc) is 3.05. The molecule has 0 atom stereocenters. The summed E-state index contributed by atoms with van der Waals surface area (Å²) < 4.78 is 11.2. The second-order valence-electron chi connectivity index (χ2n) is 6.60. The molecule has 5 nitrogen and oxygen atoms in total. The van der Waals surface area contributed by atoms with Gasteiger partial charge in [-0.2, -0.15) is 0 Å². The monoisotopic (exact) mass is 417 g/mol. The molecular formula is C25H43N3O2. The van der Waals surface area contributed by atoms with Crippen molar-refractivity contribution in [2.45, 2.75) is 66.7 Å². The van der Waals surface area contributed by atoms with Crippen molar-refractivity contribution >= 4 is 6.02 Å². The van der Waals surface area contributed by atoms with Crippen LogP contribution in [0.15, 0.2) is 53.7 Å². The normalized spacial score (nSPS) is 15.0. The van der Waals surface area contributed by atoms with Crippen LogP contribution >= 0.6 is 0 Å². The van der Waals surface area contributed by atoms with Crippen LogP contribution in [0.25, 0.3) is 0 Å². The summed E-state index contributed by atoms with van der Waals surface area (Å²) in [6.07, 6.45) is 14.1.